The normalized spacial score (nSPS) is 11.1. The molecule has 0 aliphatic heterocycles. The Morgan fingerprint density at radius 2 is 2.31 bits per heavy atom. The van der Waals surface area contributed by atoms with Crippen molar-refractivity contribution in [2.45, 2.75) is 6.92 Å². The van der Waals surface area contributed by atoms with E-state index in [-0.39, 0.29) is 0 Å². The van der Waals surface area contributed by atoms with E-state index in [1.807, 2.05) is 25.1 Å². The number of imidazole rings is 1. The predicted octanol–water partition coefficient (Wildman–Crippen LogP) is 2.58. The van der Waals surface area contributed by atoms with Gasteiger partial charge in [0.2, 0.25) is 0 Å². The zero-order valence-electron chi connectivity index (χ0n) is 8.69. The summed E-state index contributed by atoms with van der Waals surface area (Å²) in [6.45, 7) is 2.03. The molecule has 0 saturated carbocycles. The van der Waals surface area contributed by atoms with Crippen LogP contribution in [0, 0.1) is 6.92 Å². The Labute approximate surface area is 96.2 Å². The molecule has 0 radical (unpaired) electrons. The molecule has 4 nitrogen and oxygen atoms in total. The van der Waals surface area contributed by atoms with Crippen LogP contribution in [0.2, 0.25) is 0 Å². The number of nitrogens with zero attached hydrogens (tertiary/aromatic N) is 2. The van der Waals surface area contributed by atoms with Crippen molar-refractivity contribution >= 4 is 27.5 Å². The van der Waals surface area contributed by atoms with Crippen LogP contribution in [-0.2, 0) is 0 Å². The average molecular weight is 230 g/mol. The lowest BCUT2D eigenvalue weighted by atomic mass is 10.3. The van der Waals surface area contributed by atoms with Crippen LogP contribution < -0.4 is 5.73 Å². The second kappa shape index (κ2) is 3.31. The van der Waals surface area contributed by atoms with Gasteiger partial charge in [-0.1, -0.05) is 0 Å². The van der Waals surface area contributed by atoms with Crippen molar-refractivity contribution < 1.29 is 0 Å². The second-order valence-electron chi connectivity index (χ2n) is 3.62. The molecule has 5 heteroatoms. The van der Waals surface area contributed by atoms with Gasteiger partial charge in [-0.3, -0.25) is 0 Å². The first-order valence-electron chi connectivity index (χ1n) is 4.91. The van der Waals surface area contributed by atoms with Gasteiger partial charge in [-0.15, -0.1) is 11.3 Å². The van der Waals surface area contributed by atoms with E-state index in [9.17, 15) is 0 Å². The average Bonchev–Trinajstić information content (AvgIpc) is 2.81. The number of hydrogen-bond donors (Lipinski definition) is 2. The third kappa shape index (κ3) is 1.37. The maximum atomic E-state index is 5.77. The summed E-state index contributed by atoms with van der Waals surface area (Å²) in [5.74, 6) is 0.841. The minimum atomic E-state index is 0.740. The number of pyridine rings is 1. The lowest BCUT2D eigenvalue weighted by Crippen LogP contribution is -1.77. The summed E-state index contributed by atoms with van der Waals surface area (Å²) in [7, 11) is 0. The van der Waals surface area contributed by atoms with E-state index < -0.39 is 0 Å². The Kier molecular flexibility index (Phi) is 1.94. The van der Waals surface area contributed by atoms with Crippen LogP contribution in [-0.4, -0.2) is 15.0 Å². The number of hydrogen-bond acceptors (Lipinski definition) is 4. The molecule has 0 atom stereocenters. The molecule has 16 heavy (non-hydrogen) atoms. The van der Waals surface area contributed by atoms with E-state index >= 15 is 0 Å². The highest BCUT2D eigenvalue weighted by molar-refractivity contribution is 7.19. The minimum Gasteiger partial charge on any atom is -0.391 e. The van der Waals surface area contributed by atoms with Gasteiger partial charge in [-0.2, -0.15) is 0 Å². The molecule has 0 unspecified atom stereocenters. The van der Waals surface area contributed by atoms with Crippen LogP contribution in [0.1, 0.15) is 5.56 Å². The lowest BCUT2D eigenvalue weighted by molar-refractivity contribution is 1.30. The van der Waals surface area contributed by atoms with Gasteiger partial charge < -0.3 is 10.7 Å². The van der Waals surface area contributed by atoms with Crippen molar-refractivity contribution in [3.63, 3.8) is 0 Å². The van der Waals surface area contributed by atoms with Crippen molar-refractivity contribution in [1.29, 1.82) is 0 Å². The number of nitrogen functional groups attached to an aromatic ring is 1. The SMILES string of the molecule is Cc1cc(N)sc1-c1nc2ncccc2[nH]1. The molecule has 80 valence electrons. The molecule has 0 amide bonds. The summed E-state index contributed by atoms with van der Waals surface area (Å²) >= 11 is 1.54. The summed E-state index contributed by atoms with van der Waals surface area (Å²) in [5.41, 5.74) is 8.60. The van der Waals surface area contributed by atoms with Gasteiger partial charge >= 0.3 is 0 Å². The highest BCUT2D eigenvalue weighted by atomic mass is 32.1. The number of fused-ring (bicyclic) bond motifs is 1. The molecule has 3 aromatic rings. The first-order chi connectivity index (χ1) is 7.74. The van der Waals surface area contributed by atoms with Crippen molar-refractivity contribution in [3.05, 3.63) is 30.0 Å². The van der Waals surface area contributed by atoms with E-state index in [1.54, 1.807) is 6.20 Å². The van der Waals surface area contributed by atoms with Crippen molar-refractivity contribution in [2.75, 3.05) is 5.73 Å². The van der Waals surface area contributed by atoms with E-state index in [2.05, 4.69) is 15.0 Å². The summed E-state index contributed by atoms with van der Waals surface area (Å²) in [6, 6.07) is 5.81. The number of rotatable bonds is 1. The van der Waals surface area contributed by atoms with Gasteiger partial charge in [-0.05, 0) is 30.7 Å². The van der Waals surface area contributed by atoms with Crippen molar-refractivity contribution in [1.82, 2.24) is 15.0 Å². The summed E-state index contributed by atoms with van der Waals surface area (Å²) in [5, 5.41) is 0.806. The van der Waals surface area contributed by atoms with Gasteiger partial charge in [0, 0.05) is 6.20 Å². The largest absolute Gasteiger partial charge is 0.391 e. The lowest BCUT2D eigenvalue weighted by Gasteiger charge is -1.91. The number of nitrogens with one attached hydrogen (secondary N) is 1. The number of aryl methyl sites for hydroxylation is 1. The molecule has 0 bridgehead atoms. The van der Waals surface area contributed by atoms with Gasteiger partial charge in [-0.25, -0.2) is 9.97 Å². The smallest absolute Gasteiger partial charge is 0.178 e. The Morgan fingerprint density at radius 3 is 3.00 bits per heavy atom. The summed E-state index contributed by atoms with van der Waals surface area (Å²) in [4.78, 5) is 13.0. The molecule has 0 aromatic carbocycles. The third-order valence-electron chi connectivity index (χ3n) is 2.41. The Morgan fingerprint density at radius 1 is 1.44 bits per heavy atom. The summed E-state index contributed by atoms with van der Waals surface area (Å²) in [6.07, 6.45) is 1.74. The second-order valence-corrected chi connectivity index (χ2v) is 4.70. The fourth-order valence-electron chi connectivity index (χ4n) is 1.69. The Bertz CT molecular complexity index is 620. The van der Waals surface area contributed by atoms with Crippen molar-refractivity contribution in [3.8, 4) is 10.7 Å². The maximum absolute atomic E-state index is 5.77. The molecular formula is C11H10N4S. The number of aromatic amines is 1. The predicted molar refractivity (Wildman–Crippen MR) is 66.4 cm³/mol. The Hall–Kier alpha value is -1.88. The molecular weight excluding hydrogens is 220 g/mol. The monoisotopic (exact) mass is 230 g/mol. The quantitative estimate of drug-likeness (QED) is 0.675. The van der Waals surface area contributed by atoms with Gasteiger partial charge in [0.1, 0.15) is 0 Å². The number of anilines is 1. The minimum absolute atomic E-state index is 0.740. The van der Waals surface area contributed by atoms with E-state index in [1.165, 1.54) is 11.3 Å². The molecule has 0 spiro atoms. The van der Waals surface area contributed by atoms with E-state index in [0.717, 1.165) is 32.4 Å². The number of nitrogens with two attached hydrogens (primary N) is 1. The molecule has 0 saturated heterocycles. The molecule has 3 rings (SSSR count). The van der Waals surface area contributed by atoms with Crippen LogP contribution in [0.25, 0.3) is 21.9 Å². The van der Waals surface area contributed by atoms with E-state index in [0.29, 0.717) is 0 Å². The highest BCUT2D eigenvalue weighted by Crippen LogP contribution is 2.32. The maximum Gasteiger partial charge on any atom is 0.178 e. The van der Waals surface area contributed by atoms with Gasteiger partial charge in [0.15, 0.2) is 11.5 Å². The highest BCUT2D eigenvalue weighted by Gasteiger charge is 2.10. The number of H-pyrrole nitrogens is 1. The zero-order chi connectivity index (χ0) is 11.1. The standard InChI is InChI=1S/C11H10N4S/c1-6-5-8(12)16-9(6)11-14-7-3-2-4-13-10(7)15-11/h2-5H,12H2,1H3,(H,13,14,15). The molecule has 0 aliphatic carbocycles. The fourth-order valence-corrected chi connectivity index (χ4v) is 2.58. The van der Waals surface area contributed by atoms with E-state index in [4.69, 9.17) is 5.73 Å². The molecule has 3 heterocycles. The van der Waals surface area contributed by atoms with Crippen LogP contribution in [0.15, 0.2) is 24.4 Å². The van der Waals surface area contributed by atoms with Gasteiger partial charge in [0.25, 0.3) is 0 Å². The van der Waals surface area contributed by atoms with Crippen molar-refractivity contribution in [2.24, 2.45) is 0 Å². The van der Waals surface area contributed by atoms with Gasteiger partial charge in [0.05, 0.1) is 15.4 Å². The van der Waals surface area contributed by atoms with Crippen LogP contribution in [0.3, 0.4) is 0 Å². The number of aromatic nitrogens is 3. The van der Waals surface area contributed by atoms with Crippen LogP contribution >= 0.6 is 11.3 Å². The third-order valence-corrected chi connectivity index (χ3v) is 3.48. The van der Waals surface area contributed by atoms with Crippen LogP contribution in [0.5, 0.6) is 0 Å². The Balaban J connectivity index is 2.22. The number of thiophene rings is 1. The molecule has 0 fully saturated rings. The zero-order valence-corrected chi connectivity index (χ0v) is 9.51. The van der Waals surface area contributed by atoms with Crippen LogP contribution in [0.4, 0.5) is 5.00 Å². The molecule has 3 N–H and O–H groups in total. The molecule has 3 aromatic heterocycles. The molecule has 0 aliphatic rings. The topological polar surface area (TPSA) is 67.6 Å². The first-order valence-corrected chi connectivity index (χ1v) is 5.73. The fraction of sp³-hybridized carbons (Fsp3) is 0.0909. The summed E-state index contributed by atoms with van der Waals surface area (Å²) < 4.78 is 0. The first kappa shape index (κ1) is 9.35.